The van der Waals surface area contributed by atoms with Gasteiger partial charge in [0.2, 0.25) is 0 Å². The summed E-state index contributed by atoms with van der Waals surface area (Å²) in [7, 11) is 0. The molecule has 2 nitrogen and oxygen atoms in total. The van der Waals surface area contributed by atoms with Crippen LogP contribution in [-0.4, -0.2) is 4.98 Å². The van der Waals surface area contributed by atoms with Gasteiger partial charge in [0.1, 0.15) is 0 Å². The molecule has 0 aliphatic heterocycles. The molecule has 0 aliphatic rings. The van der Waals surface area contributed by atoms with Gasteiger partial charge in [-0.05, 0) is 31.1 Å². The Morgan fingerprint density at radius 3 is 2.73 bits per heavy atom. The van der Waals surface area contributed by atoms with Gasteiger partial charge in [-0.3, -0.25) is 4.98 Å². The van der Waals surface area contributed by atoms with Crippen LogP contribution >= 0.6 is 0 Å². The van der Waals surface area contributed by atoms with Gasteiger partial charge in [0.25, 0.3) is 0 Å². The van der Waals surface area contributed by atoms with Gasteiger partial charge in [-0.2, -0.15) is 0 Å². The van der Waals surface area contributed by atoms with Gasteiger partial charge >= 0.3 is 0 Å². The number of anilines is 1. The van der Waals surface area contributed by atoms with Gasteiger partial charge in [-0.25, -0.2) is 0 Å². The Morgan fingerprint density at radius 2 is 2.27 bits per heavy atom. The molecule has 0 amide bonds. The Balaban J connectivity index is 3.27. The molecule has 0 bridgehead atoms. The Labute approximate surface area is 66.8 Å². The number of pyridine rings is 1. The van der Waals surface area contributed by atoms with Crippen molar-refractivity contribution in [3.8, 4) is 0 Å². The van der Waals surface area contributed by atoms with Gasteiger partial charge in [0, 0.05) is 6.20 Å². The van der Waals surface area contributed by atoms with Crippen molar-refractivity contribution < 1.29 is 0 Å². The molecule has 1 rings (SSSR count). The number of allylic oxidation sites excluding steroid dienone is 1. The number of nitrogens with zero attached hydrogens (tertiary/aromatic N) is 1. The van der Waals surface area contributed by atoms with Crippen molar-refractivity contribution in [3.05, 3.63) is 30.1 Å². The van der Waals surface area contributed by atoms with E-state index in [0.717, 1.165) is 22.5 Å². The molecule has 1 aromatic rings. The molecule has 0 radical (unpaired) electrons. The summed E-state index contributed by atoms with van der Waals surface area (Å²) >= 11 is 0. The van der Waals surface area contributed by atoms with E-state index in [1.54, 1.807) is 6.20 Å². The molecule has 2 N–H and O–H groups in total. The SMILES string of the molecule is C=C(C)c1nccc(C)c1N. The highest BCUT2D eigenvalue weighted by Gasteiger charge is 2.01. The van der Waals surface area contributed by atoms with E-state index in [0.29, 0.717) is 0 Å². The number of hydrogen-bond donors (Lipinski definition) is 1. The van der Waals surface area contributed by atoms with E-state index in [-0.39, 0.29) is 0 Å². The van der Waals surface area contributed by atoms with E-state index in [2.05, 4.69) is 11.6 Å². The molecule has 0 aromatic carbocycles. The zero-order valence-corrected chi connectivity index (χ0v) is 6.89. The van der Waals surface area contributed by atoms with E-state index in [9.17, 15) is 0 Å². The van der Waals surface area contributed by atoms with E-state index in [1.165, 1.54) is 0 Å². The summed E-state index contributed by atoms with van der Waals surface area (Å²) < 4.78 is 0. The molecule has 0 spiro atoms. The van der Waals surface area contributed by atoms with E-state index in [1.807, 2.05) is 19.9 Å². The predicted molar refractivity (Wildman–Crippen MR) is 48.1 cm³/mol. The van der Waals surface area contributed by atoms with Gasteiger partial charge in [-0.15, -0.1) is 0 Å². The minimum atomic E-state index is 0.736. The topological polar surface area (TPSA) is 38.9 Å². The van der Waals surface area contributed by atoms with Crippen LogP contribution in [0.2, 0.25) is 0 Å². The van der Waals surface area contributed by atoms with Crippen LogP contribution < -0.4 is 5.73 Å². The summed E-state index contributed by atoms with van der Waals surface area (Å²) in [6.07, 6.45) is 1.75. The van der Waals surface area contributed by atoms with E-state index < -0.39 is 0 Å². The summed E-state index contributed by atoms with van der Waals surface area (Å²) in [4.78, 5) is 4.11. The average Bonchev–Trinajstić information content (AvgIpc) is 1.94. The van der Waals surface area contributed by atoms with Crippen molar-refractivity contribution in [2.24, 2.45) is 0 Å². The minimum absolute atomic E-state index is 0.736. The zero-order valence-electron chi connectivity index (χ0n) is 6.89. The second-order valence-corrected chi connectivity index (χ2v) is 2.67. The number of nitrogens with two attached hydrogens (primary N) is 1. The number of hydrogen-bond acceptors (Lipinski definition) is 2. The third-order valence-corrected chi connectivity index (χ3v) is 1.61. The Hall–Kier alpha value is -1.31. The van der Waals surface area contributed by atoms with Crippen molar-refractivity contribution in [3.63, 3.8) is 0 Å². The summed E-state index contributed by atoms with van der Waals surface area (Å²) in [5.41, 5.74) is 9.27. The fourth-order valence-electron chi connectivity index (χ4n) is 0.910. The molecular weight excluding hydrogens is 136 g/mol. The van der Waals surface area contributed by atoms with Crippen LogP contribution in [0.1, 0.15) is 18.2 Å². The largest absolute Gasteiger partial charge is 0.397 e. The van der Waals surface area contributed by atoms with E-state index in [4.69, 9.17) is 5.73 Å². The lowest BCUT2D eigenvalue weighted by molar-refractivity contribution is 1.24. The summed E-state index contributed by atoms with van der Waals surface area (Å²) in [6.45, 7) is 7.65. The molecule has 0 aliphatic carbocycles. The molecule has 2 heteroatoms. The first-order valence-electron chi connectivity index (χ1n) is 3.50. The fourth-order valence-corrected chi connectivity index (χ4v) is 0.910. The molecular formula is C9H12N2. The highest BCUT2D eigenvalue weighted by molar-refractivity contribution is 5.70. The second-order valence-electron chi connectivity index (χ2n) is 2.67. The van der Waals surface area contributed by atoms with Crippen molar-refractivity contribution >= 4 is 11.3 Å². The van der Waals surface area contributed by atoms with Crippen LogP contribution in [0.5, 0.6) is 0 Å². The van der Waals surface area contributed by atoms with Crippen LogP contribution in [0.4, 0.5) is 5.69 Å². The lowest BCUT2D eigenvalue weighted by atomic mass is 10.1. The van der Waals surface area contributed by atoms with Crippen LogP contribution in [0.3, 0.4) is 0 Å². The molecule has 11 heavy (non-hydrogen) atoms. The van der Waals surface area contributed by atoms with Gasteiger partial charge < -0.3 is 5.73 Å². The van der Waals surface area contributed by atoms with Crippen molar-refractivity contribution in [1.82, 2.24) is 4.98 Å². The van der Waals surface area contributed by atoms with Gasteiger partial charge in [0.15, 0.2) is 0 Å². The molecule has 1 heterocycles. The van der Waals surface area contributed by atoms with Crippen molar-refractivity contribution in [1.29, 1.82) is 0 Å². The van der Waals surface area contributed by atoms with Crippen LogP contribution in [0.25, 0.3) is 5.57 Å². The first kappa shape index (κ1) is 7.79. The smallest absolute Gasteiger partial charge is 0.0884 e. The Bertz CT molecular complexity index is 290. The van der Waals surface area contributed by atoms with Crippen LogP contribution in [0.15, 0.2) is 18.8 Å². The van der Waals surface area contributed by atoms with Crippen LogP contribution in [0, 0.1) is 6.92 Å². The average molecular weight is 148 g/mol. The van der Waals surface area contributed by atoms with Crippen molar-refractivity contribution in [2.45, 2.75) is 13.8 Å². The quantitative estimate of drug-likeness (QED) is 0.661. The Kier molecular flexibility index (Phi) is 1.94. The summed E-state index contributed by atoms with van der Waals surface area (Å²) in [5, 5.41) is 0. The number of aromatic nitrogens is 1. The fraction of sp³-hybridized carbons (Fsp3) is 0.222. The highest BCUT2D eigenvalue weighted by atomic mass is 14.7. The third kappa shape index (κ3) is 1.40. The maximum atomic E-state index is 5.76. The minimum Gasteiger partial charge on any atom is -0.397 e. The number of aryl methyl sites for hydroxylation is 1. The molecule has 0 saturated carbocycles. The molecule has 0 unspecified atom stereocenters. The zero-order chi connectivity index (χ0) is 8.43. The van der Waals surface area contributed by atoms with Crippen molar-refractivity contribution in [2.75, 3.05) is 5.73 Å². The lowest BCUT2D eigenvalue weighted by Gasteiger charge is -2.05. The maximum Gasteiger partial charge on any atom is 0.0884 e. The second kappa shape index (κ2) is 2.74. The first-order chi connectivity index (χ1) is 5.13. The van der Waals surface area contributed by atoms with Gasteiger partial charge in [-0.1, -0.05) is 6.58 Å². The predicted octanol–water partition coefficient (Wildman–Crippen LogP) is 2.01. The molecule has 0 saturated heterocycles. The maximum absolute atomic E-state index is 5.76. The number of nitrogen functional groups attached to an aromatic ring is 1. The van der Waals surface area contributed by atoms with Crippen LogP contribution in [-0.2, 0) is 0 Å². The standard InChI is InChI=1S/C9H12N2/c1-6(2)9-8(10)7(3)4-5-11-9/h4-5H,1,10H2,2-3H3. The number of rotatable bonds is 1. The lowest BCUT2D eigenvalue weighted by Crippen LogP contribution is -1.97. The van der Waals surface area contributed by atoms with E-state index >= 15 is 0 Å². The summed E-state index contributed by atoms with van der Waals surface area (Å²) in [5.74, 6) is 0. The van der Waals surface area contributed by atoms with Gasteiger partial charge in [0.05, 0.1) is 11.4 Å². The third-order valence-electron chi connectivity index (χ3n) is 1.61. The molecule has 58 valence electrons. The first-order valence-corrected chi connectivity index (χ1v) is 3.50. The normalized spacial score (nSPS) is 9.64. The Morgan fingerprint density at radius 1 is 1.64 bits per heavy atom. The molecule has 0 fully saturated rings. The molecule has 1 aromatic heterocycles. The highest BCUT2D eigenvalue weighted by Crippen LogP contribution is 2.19. The molecule has 0 atom stereocenters. The summed E-state index contributed by atoms with van der Waals surface area (Å²) in [6, 6.07) is 1.89. The monoisotopic (exact) mass is 148 g/mol.